The predicted molar refractivity (Wildman–Crippen MR) is 118 cm³/mol. The Morgan fingerprint density at radius 3 is 1.97 bits per heavy atom. The third-order valence-corrected chi connectivity index (χ3v) is 4.32. The fraction of sp³-hybridized carbons (Fsp3) is 0.333. The maximum atomic E-state index is 12.3. The number of alkyl halides is 3. The topological polar surface area (TPSA) is 38.2 Å². The summed E-state index contributed by atoms with van der Waals surface area (Å²) in [5.41, 5.74) is 3.77. The van der Waals surface area contributed by atoms with E-state index in [4.69, 9.17) is 0 Å². The van der Waals surface area contributed by atoms with E-state index >= 15 is 0 Å². The molecule has 0 N–H and O–H groups in total. The monoisotopic (exact) mass is 431 g/mol. The molecule has 0 bridgehead atoms. The van der Waals surface area contributed by atoms with Crippen molar-refractivity contribution in [1.29, 1.82) is 0 Å². The van der Waals surface area contributed by atoms with E-state index in [1.54, 1.807) is 30.7 Å². The number of rotatable bonds is 7. The highest BCUT2D eigenvalue weighted by molar-refractivity contribution is 5.75. The molecule has 0 saturated carbocycles. The average molecular weight is 432 g/mol. The Kier molecular flexibility index (Phi) is 9.31. The highest BCUT2D eigenvalue weighted by Gasteiger charge is 2.31. The van der Waals surface area contributed by atoms with Crippen LogP contribution >= 0.6 is 0 Å². The molecule has 3 aromatic rings. The summed E-state index contributed by atoms with van der Waals surface area (Å²) in [6.45, 7) is 8.08. The van der Waals surface area contributed by atoms with E-state index in [9.17, 15) is 13.2 Å². The van der Waals surface area contributed by atoms with Gasteiger partial charge in [0.2, 0.25) is 0 Å². The van der Waals surface area contributed by atoms with Gasteiger partial charge in [0.25, 0.3) is 0 Å². The van der Waals surface area contributed by atoms with Gasteiger partial charge in [-0.2, -0.15) is 0 Å². The molecule has 3 rings (SSSR count). The minimum Gasteiger partial charge on any atom is -0.406 e. The Hall–Kier alpha value is -3.09. The predicted octanol–water partition coefficient (Wildman–Crippen LogP) is 6.66. The summed E-state index contributed by atoms with van der Waals surface area (Å²) in [5.74, 6) is -0.234. The van der Waals surface area contributed by atoms with E-state index in [0.29, 0.717) is 0 Å². The lowest BCUT2D eigenvalue weighted by Gasteiger charge is -2.25. The molecule has 0 unspecified atom stereocenters. The van der Waals surface area contributed by atoms with Crippen LogP contribution in [-0.2, 0) is 0 Å². The largest absolute Gasteiger partial charge is 0.573 e. The number of aromatic nitrogens is 2. The van der Waals surface area contributed by atoms with Crippen molar-refractivity contribution in [3.05, 3.63) is 72.7 Å². The molecule has 2 heterocycles. The summed E-state index contributed by atoms with van der Waals surface area (Å²) < 4.78 is 40.7. The van der Waals surface area contributed by atoms with Gasteiger partial charge in [0.05, 0.1) is 11.4 Å². The molecule has 166 valence electrons. The number of nitrogens with zero attached hydrogens (tertiary/aromatic N) is 3. The standard InChI is InChI=1S/C18H21F3N2O.C6H7N/c1-3-12-23(13-4-2)16-6-5-11-22-17(16)14-7-9-15(10-8-14)24-18(19,20)21;1-6-2-4-7-5-3-6/h5-11H,3-4,12-13H2,1-2H3;2-5H,1H3. The Balaban J connectivity index is 0.000000412. The van der Waals surface area contributed by atoms with Crippen molar-refractivity contribution < 1.29 is 17.9 Å². The fourth-order valence-electron chi connectivity index (χ4n) is 3.01. The second-order valence-corrected chi connectivity index (χ2v) is 6.95. The molecule has 31 heavy (non-hydrogen) atoms. The summed E-state index contributed by atoms with van der Waals surface area (Å²) in [7, 11) is 0. The molecule has 0 radical (unpaired) electrons. The number of hydrogen-bond acceptors (Lipinski definition) is 4. The van der Waals surface area contributed by atoms with Gasteiger partial charge in [0, 0.05) is 37.2 Å². The molecule has 0 aliphatic carbocycles. The Morgan fingerprint density at radius 1 is 0.871 bits per heavy atom. The summed E-state index contributed by atoms with van der Waals surface area (Å²) in [6.07, 6.45) is 2.59. The van der Waals surface area contributed by atoms with Crippen molar-refractivity contribution in [3.8, 4) is 17.0 Å². The van der Waals surface area contributed by atoms with E-state index in [0.717, 1.165) is 42.9 Å². The van der Waals surface area contributed by atoms with Crippen LogP contribution in [0.1, 0.15) is 32.3 Å². The first kappa shape index (κ1) is 24.2. The van der Waals surface area contributed by atoms with Crippen molar-refractivity contribution in [2.45, 2.75) is 40.0 Å². The van der Waals surface area contributed by atoms with Crippen molar-refractivity contribution in [2.24, 2.45) is 0 Å². The molecule has 0 spiro atoms. The van der Waals surface area contributed by atoms with E-state index < -0.39 is 6.36 Å². The van der Waals surface area contributed by atoms with Crippen LogP contribution in [0.25, 0.3) is 11.3 Å². The number of pyridine rings is 2. The molecule has 4 nitrogen and oxygen atoms in total. The minimum absolute atomic E-state index is 0.234. The van der Waals surface area contributed by atoms with Gasteiger partial charge < -0.3 is 9.64 Å². The highest BCUT2D eigenvalue weighted by Crippen LogP contribution is 2.31. The van der Waals surface area contributed by atoms with Gasteiger partial charge in [0.15, 0.2) is 0 Å². The third kappa shape index (κ3) is 8.28. The van der Waals surface area contributed by atoms with Gasteiger partial charge >= 0.3 is 6.36 Å². The van der Waals surface area contributed by atoms with Crippen LogP contribution in [-0.4, -0.2) is 29.4 Å². The maximum Gasteiger partial charge on any atom is 0.573 e. The number of anilines is 1. The first-order valence-corrected chi connectivity index (χ1v) is 10.3. The van der Waals surface area contributed by atoms with Crippen LogP contribution < -0.4 is 9.64 Å². The van der Waals surface area contributed by atoms with Crippen LogP contribution in [0.4, 0.5) is 18.9 Å². The van der Waals surface area contributed by atoms with Gasteiger partial charge in [-0.3, -0.25) is 9.97 Å². The lowest BCUT2D eigenvalue weighted by atomic mass is 10.1. The number of halogens is 3. The van der Waals surface area contributed by atoms with E-state index in [1.165, 1.54) is 17.7 Å². The van der Waals surface area contributed by atoms with Crippen LogP contribution in [0.2, 0.25) is 0 Å². The van der Waals surface area contributed by atoms with Gasteiger partial charge in [-0.1, -0.05) is 13.8 Å². The molecule has 0 saturated heterocycles. The fourth-order valence-corrected chi connectivity index (χ4v) is 3.01. The lowest BCUT2D eigenvalue weighted by molar-refractivity contribution is -0.274. The van der Waals surface area contributed by atoms with Crippen LogP contribution in [0.3, 0.4) is 0 Å². The molecule has 2 aromatic heterocycles. The molecule has 0 atom stereocenters. The van der Waals surface area contributed by atoms with Gasteiger partial charge in [-0.15, -0.1) is 13.2 Å². The zero-order valence-corrected chi connectivity index (χ0v) is 18.1. The molecule has 0 amide bonds. The Morgan fingerprint density at radius 2 is 1.48 bits per heavy atom. The van der Waals surface area contributed by atoms with Crippen LogP contribution in [0.5, 0.6) is 5.75 Å². The Bertz CT molecular complexity index is 894. The minimum atomic E-state index is -4.68. The Labute approximate surface area is 181 Å². The number of aryl methyl sites for hydroxylation is 1. The molecule has 0 fully saturated rings. The number of ether oxygens (including phenoxy) is 1. The first-order chi connectivity index (χ1) is 14.8. The summed E-state index contributed by atoms with van der Waals surface area (Å²) in [4.78, 5) is 10.5. The van der Waals surface area contributed by atoms with Gasteiger partial charge in [0.1, 0.15) is 5.75 Å². The number of benzene rings is 1. The highest BCUT2D eigenvalue weighted by atomic mass is 19.4. The van der Waals surface area contributed by atoms with Crippen molar-refractivity contribution >= 4 is 5.69 Å². The smallest absolute Gasteiger partial charge is 0.406 e. The van der Waals surface area contributed by atoms with Crippen molar-refractivity contribution in [2.75, 3.05) is 18.0 Å². The molecule has 1 aromatic carbocycles. The lowest BCUT2D eigenvalue weighted by Crippen LogP contribution is -2.25. The average Bonchev–Trinajstić information content (AvgIpc) is 2.74. The first-order valence-electron chi connectivity index (χ1n) is 10.3. The quantitative estimate of drug-likeness (QED) is 0.419. The summed E-state index contributed by atoms with van der Waals surface area (Å²) in [5, 5.41) is 0. The normalized spacial score (nSPS) is 10.8. The van der Waals surface area contributed by atoms with Crippen molar-refractivity contribution in [1.82, 2.24) is 9.97 Å². The molecule has 7 heteroatoms. The van der Waals surface area contributed by atoms with Crippen LogP contribution in [0.15, 0.2) is 67.1 Å². The molecule has 0 aliphatic rings. The second-order valence-electron chi connectivity index (χ2n) is 6.95. The van der Waals surface area contributed by atoms with Crippen molar-refractivity contribution in [3.63, 3.8) is 0 Å². The van der Waals surface area contributed by atoms with E-state index in [1.807, 2.05) is 31.2 Å². The molecular formula is C24H28F3N3O. The van der Waals surface area contributed by atoms with Gasteiger partial charge in [-0.25, -0.2) is 0 Å². The van der Waals surface area contributed by atoms with E-state index in [-0.39, 0.29) is 5.75 Å². The zero-order valence-electron chi connectivity index (χ0n) is 18.1. The van der Waals surface area contributed by atoms with Gasteiger partial charge in [-0.05, 0) is 73.9 Å². The van der Waals surface area contributed by atoms with Crippen LogP contribution in [0, 0.1) is 6.92 Å². The van der Waals surface area contributed by atoms with E-state index in [2.05, 4.69) is 33.5 Å². The molecule has 0 aliphatic heterocycles. The third-order valence-electron chi connectivity index (χ3n) is 4.32. The maximum absolute atomic E-state index is 12.3. The summed E-state index contributed by atoms with van der Waals surface area (Å²) >= 11 is 0. The number of hydrogen-bond donors (Lipinski definition) is 0. The molecular weight excluding hydrogens is 403 g/mol. The summed E-state index contributed by atoms with van der Waals surface area (Å²) in [6, 6.07) is 13.6. The second kappa shape index (κ2) is 11.9. The zero-order chi connectivity index (χ0) is 22.7. The SMILES string of the molecule is CCCN(CCC)c1cccnc1-c1ccc(OC(F)(F)F)cc1.Cc1ccncc1.